The smallest absolute Gasteiger partial charge is 0.325 e. The van der Waals surface area contributed by atoms with Gasteiger partial charge in [0.25, 0.3) is 5.91 Å². The highest BCUT2D eigenvalue weighted by Gasteiger charge is 2.52. The van der Waals surface area contributed by atoms with Crippen molar-refractivity contribution in [3.8, 4) is 6.07 Å². The summed E-state index contributed by atoms with van der Waals surface area (Å²) in [5.74, 6) is -0.235. The van der Waals surface area contributed by atoms with E-state index in [0.717, 1.165) is 24.1 Å². The van der Waals surface area contributed by atoms with Crippen molar-refractivity contribution >= 4 is 17.8 Å². The van der Waals surface area contributed by atoms with Crippen LogP contribution in [0.5, 0.6) is 0 Å². The Balaban J connectivity index is 1.34. The molecule has 188 valence electrons. The van der Waals surface area contributed by atoms with E-state index in [9.17, 15) is 14.4 Å². The number of nitrogens with one attached hydrogen (secondary N) is 2. The van der Waals surface area contributed by atoms with Gasteiger partial charge in [-0.3, -0.25) is 14.5 Å². The van der Waals surface area contributed by atoms with Crippen LogP contribution < -0.4 is 10.6 Å². The Morgan fingerprint density at radius 1 is 1.08 bits per heavy atom. The van der Waals surface area contributed by atoms with E-state index in [0.29, 0.717) is 31.5 Å². The molecule has 2 heterocycles. The zero-order chi connectivity index (χ0) is 25.7. The topological polar surface area (TPSA) is 106 Å². The zero-order valence-electron chi connectivity index (χ0n) is 20.9. The minimum Gasteiger partial charge on any atom is -0.349 e. The molecule has 1 unspecified atom stereocenters. The lowest BCUT2D eigenvalue weighted by Gasteiger charge is -2.37. The number of amides is 4. The summed E-state index contributed by atoms with van der Waals surface area (Å²) in [6.07, 6.45) is 1.87. The summed E-state index contributed by atoms with van der Waals surface area (Å²) < 4.78 is 0. The van der Waals surface area contributed by atoms with E-state index in [-0.39, 0.29) is 36.3 Å². The minimum absolute atomic E-state index is 0.0306. The summed E-state index contributed by atoms with van der Waals surface area (Å²) in [6.45, 7) is 6.13. The van der Waals surface area contributed by atoms with E-state index in [1.165, 1.54) is 4.90 Å². The van der Waals surface area contributed by atoms with E-state index < -0.39 is 5.54 Å². The third-order valence-electron chi connectivity index (χ3n) is 7.16. The predicted octanol–water partition coefficient (Wildman–Crippen LogP) is 3.35. The molecule has 8 nitrogen and oxygen atoms in total. The van der Waals surface area contributed by atoms with Gasteiger partial charge in [0.15, 0.2) is 0 Å². The lowest BCUT2D eigenvalue weighted by molar-refractivity contribution is -0.133. The van der Waals surface area contributed by atoms with Crippen LogP contribution in [-0.2, 0) is 16.1 Å². The quantitative estimate of drug-likeness (QED) is 0.556. The highest BCUT2D eigenvalue weighted by Crippen LogP contribution is 2.31. The van der Waals surface area contributed by atoms with Crippen LogP contribution in [0.4, 0.5) is 4.79 Å². The van der Waals surface area contributed by atoms with Gasteiger partial charge in [-0.2, -0.15) is 5.26 Å². The van der Waals surface area contributed by atoms with Crippen molar-refractivity contribution in [2.45, 2.75) is 51.2 Å². The number of urea groups is 1. The molecule has 0 bridgehead atoms. The molecule has 0 aliphatic carbocycles. The maximum atomic E-state index is 13.3. The monoisotopic (exact) mass is 487 g/mol. The average molecular weight is 488 g/mol. The SMILES string of the molecule is CC(C)C(=O)NC(CCN1CCC2(CC1)NC(=O)N(Cc1ccc(C#N)cc1)C2=O)c1ccccc1. The molecule has 2 aliphatic heterocycles. The molecule has 2 aliphatic rings. The standard InChI is InChI=1S/C28H33N5O3/c1-20(2)25(34)30-24(23-6-4-3-5-7-23)12-15-32-16-13-28(14-17-32)26(35)33(27(36)31-28)19-22-10-8-21(18-29)9-11-22/h3-11,20,24H,12-17,19H2,1-2H3,(H,30,34)(H,31,36). The van der Waals surface area contributed by atoms with Crippen LogP contribution in [0.15, 0.2) is 54.6 Å². The van der Waals surface area contributed by atoms with Gasteiger partial charge < -0.3 is 15.5 Å². The summed E-state index contributed by atoms with van der Waals surface area (Å²) in [5, 5.41) is 15.1. The Morgan fingerprint density at radius 3 is 2.36 bits per heavy atom. The fourth-order valence-electron chi connectivity index (χ4n) is 4.84. The van der Waals surface area contributed by atoms with Gasteiger partial charge in [-0.25, -0.2) is 4.79 Å². The summed E-state index contributed by atoms with van der Waals surface area (Å²) in [4.78, 5) is 41.9. The molecule has 0 saturated carbocycles. The largest absolute Gasteiger partial charge is 0.349 e. The molecule has 2 aromatic rings. The maximum absolute atomic E-state index is 13.3. The highest BCUT2D eigenvalue weighted by atomic mass is 16.2. The number of hydrogen-bond acceptors (Lipinski definition) is 5. The fourth-order valence-corrected chi connectivity index (χ4v) is 4.84. The van der Waals surface area contributed by atoms with Crippen molar-refractivity contribution in [3.05, 3.63) is 71.3 Å². The molecular weight excluding hydrogens is 454 g/mol. The number of benzene rings is 2. The predicted molar refractivity (Wildman–Crippen MR) is 135 cm³/mol. The van der Waals surface area contributed by atoms with Crippen molar-refractivity contribution in [1.29, 1.82) is 5.26 Å². The molecule has 4 amide bonds. The molecule has 2 fully saturated rings. The molecule has 2 aromatic carbocycles. The molecule has 0 radical (unpaired) electrons. The van der Waals surface area contributed by atoms with Gasteiger partial charge in [0.1, 0.15) is 5.54 Å². The van der Waals surface area contributed by atoms with Gasteiger partial charge in [0.05, 0.1) is 24.2 Å². The van der Waals surface area contributed by atoms with Gasteiger partial charge in [0, 0.05) is 25.6 Å². The molecule has 1 atom stereocenters. The van der Waals surface area contributed by atoms with Gasteiger partial charge in [-0.05, 0) is 42.5 Å². The second-order valence-corrected chi connectivity index (χ2v) is 9.97. The van der Waals surface area contributed by atoms with Gasteiger partial charge in [-0.15, -0.1) is 0 Å². The Morgan fingerprint density at radius 2 is 1.75 bits per heavy atom. The van der Waals surface area contributed by atoms with Gasteiger partial charge >= 0.3 is 6.03 Å². The summed E-state index contributed by atoms with van der Waals surface area (Å²) in [5.41, 5.74) is 1.57. The number of hydrogen-bond donors (Lipinski definition) is 2. The first kappa shape index (κ1) is 25.4. The molecule has 1 spiro atoms. The molecular formula is C28H33N5O3. The molecule has 2 N–H and O–H groups in total. The van der Waals surface area contributed by atoms with Crippen LogP contribution in [0.3, 0.4) is 0 Å². The van der Waals surface area contributed by atoms with E-state index in [4.69, 9.17) is 5.26 Å². The number of likely N-dealkylation sites (tertiary alicyclic amines) is 1. The number of rotatable bonds is 8. The van der Waals surface area contributed by atoms with Crippen molar-refractivity contribution in [2.75, 3.05) is 19.6 Å². The molecule has 2 saturated heterocycles. The van der Waals surface area contributed by atoms with Crippen molar-refractivity contribution < 1.29 is 14.4 Å². The van der Waals surface area contributed by atoms with Crippen LogP contribution >= 0.6 is 0 Å². The zero-order valence-corrected chi connectivity index (χ0v) is 20.9. The minimum atomic E-state index is -0.856. The number of carbonyl (C=O) groups excluding carboxylic acids is 3. The van der Waals surface area contributed by atoms with Crippen molar-refractivity contribution in [3.63, 3.8) is 0 Å². The van der Waals surface area contributed by atoms with E-state index in [1.807, 2.05) is 44.2 Å². The van der Waals surface area contributed by atoms with Crippen molar-refractivity contribution in [2.24, 2.45) is 5.92 Å². The van der Waals surface area contributed by atoms with E-state index >= 15 is 0 Å². The highest BCUT2D eigenvalue weighted by molar-refractivity contribution is 6.07. The van der Waals surface area contributed by atoms with Crippen LogP contribution in [0.1, 0.15) is 55.8 Å². The van der Waals surface area contributed by atoms with Crippen LogP contribution in [0.2, 0.25) is 0 Å². The Hall–Kier alpha value is -3.70. The number of piperidine rings is 1. The first-order valence-electron chi connectivity index (χ1n) is 12.5. The number of carbonyl (C=O) groups is 3. The third kappa shape index (κ3) is 5.58. The first-order valence-corrected chi connectivity index (χ1v) is 12.5. The fraction of sp³-hybridized carbons (Fsp3) is 0.429. The Labute approximate surface area is 212 Å². The maximum Gasteiger partial charge on any atom is 0.325 e. The lowest BCUT2D eigenvalue weighted by Crippen LogP contribution is -2.55. The Kier molecular flexibility index (Phi) is 7.70. The second kappa shape index (κ2) is 10.9. The summed E-state index contributed by atoms with van der Waals surface area (Å²) in [6, 6.07) is 18.5. The molecule has 4 rings (SSSR count). The number of imide groups is 1. The van der Waals surface area contributed by atoms with E-state index in [2.05, 4.69) is 21.6 Å². The molecule has 0 aromatic heterocycles. The van der Waals surface area contributed by atoms with Gasteiger partial charge in [-0.1, -0.05) is 56.3 Å². The third-order valence-corrected chi connectivity index (χ3v) is 7.16. The first-order chi connectivity index (χ1) is 17.3. The normalized spacial score (nSPS) is 18.2. The number of nitrogens with zero attached hydrogens (tertiary/aromatic N) is 3. The van der Waals surface area contributed by atoms with E-state index in [1.54, 1.807) is 24.3 Å². The van der Waals surface area contributed by atoms with Crippen LogP contribution in [0.25, 0.3) is 0 Å². The summed E-state index contributed by atoms with van der Waals surface area (Å²) >= 11 is 0. The lowest BCUT2D eigenvalue weighted by atomic mass is 9.87. The average Bonchev–Trinajstić information content (AvgIpc) is 3.12. The van der Waals surface area contributed by atoms with Crippen LogP contribution in [-0.4, -0.2) is 52.8 Å². The van der Waals surface area contributed by atoms with Crippen LogP contribution in [0, 0.1) is 17.2 Å². The molecule has 36 heavy (non-hydrogen) atoms. The Bertz CT molecular complexity index is 1130. The van der Waals surface area contributed by atoms with Crippen molar-refractivity contribution in [1.82, 2.24) is 20.4 Å². The number of nitriles is 1. The van der Waals surface area contributed by atoms with Gasteiger partial charge in [0.2, 0.25) is 5.91 Å². The second-order valence-electron chi connectivity index (χ2n) is 9.97. The summed E-state index contributed by atoms with van der Waals surface area (Å²) in [7, 11) is 0. The molecule has 8 heteroatoms.